The van der Waals surface area contributed by atoms with Crippen LogP contribution >= 0.6 is 0 Å². The molecule has 0 fully saturated rings. The molecule has 0 saturated heterocycles. The van der Waals surface area contributed by atoms with Gasteiger partial charge in [0.15, 0.2) is 11.5 Å². The number of ether oxygens (including phenoxy) is 3. The molecule has 1 aliphatic rings. The molecule has 1 unspecified atom stereocenters. The molecule has 2 aromatic carbocycles. The SMILES string of the molecule is COc1ccc(C(C)NC(=O)/C(C#N)=C\NCc2ccc3c(c2)OCO3)cc1. The Hall–Kier alpha value is -3.66. The molecule has 0 bridgehead atoms. The van der Waals surface area contributed by atoms with Crippen molar-refractivity contribution in [2.45, 2.75) is 19.5 Å². The van der Waals surface area contributed by atoms with E-state index in [4.69, 9.17) is 14.2 Å². The van der Waals surface area contributed by atoms with E-state index in [0.29, 0.717) is 18.0 Å². The summed E-state index contributed by atoms with van der Waals surface area (Å²) < 4.78 is 15.7. The molecule has 0 saturated carbocycles. The number of methoxy groups -OCH3 is 1. The first-order valence-corrected chi connectivity index (χ1v) is 8.77. The normalized spacial score (nSPS) is 13.4. The van der Waals surface area contributed by atoms with Gasteiger partial charge in [-0.15, -0.1) is 0 Å². The zero-order valence-electron chi connectivity index (χ0n) is 15.7. The molecule has 7 heteroatoms. The summed E-state index contributed by atoms with van der Waals surface area (Å²) in [5.74, 6) is 1.70. The average Bonchev–Trinajstić information content (AvgIpc) is 3.19. The summed E-state index contributed by atoms with van der Waals surface area (Å²) in [6.45, 7) is 2.52. The number of hydrogen-bond acceptors (Lipinski definition) is 6. The predicted molar refractivity (Wildman–Crippen MR) is 103 cm³/mol. The minimum Gasteiger partial charge on any atom is -0.497 e. The number of hydrogen-bond donors (Lipinski definition) is 2. The van der Waals surface area contributed by atoms with Gasteiger partial charge in [-0.25, -0.2) is 0 Å². The molecule has 144 valence electrons. The Morgan fingerprint density at radius 2 is 2.00 bits per heavy atom. The molecule has 2 aromatic rings. The molecule has 1 atom stereocenters. The minimum absolute atomic E-state index is 0.00102. The maximum atomic E-state index is 12.4. The highest BCUT2D eigenvalue weighted by Gasteiger charge is 2.15. The Labute approximate surface area is 163 Å². The fourth-order valence-corrected chi connectivity index (χ4v) is 2.72. The zero-order valence-corrected chi connectivity index (χ0v) is 15.7. The second kappa shape index (κ2) is 8.82. The second-order valence-electron chi connectivity index (χ2n) is 6.21. The lowest BCUT2D eigenvalue weighted by Gasteiger charge is -2.14. The van der Waals surface area contributed by atoms with Gasteiger partial charge in [-0.1, -0.05) is 18.2 Å². The summed E-state index contributed by atoms with van der Waals surface area (Å²) in [5, 5.41) is 15.1. The van der Waals surface area contributed by atoms with Crippen molar-refractivity contribution in [1.29, 1.82) is 5.26 Å². The Balaban J connectivity index is 1.57. The number of nitriles is 1. The third kappa shape index (κ3) is 4.54. The predicted octanol–water partition coefficient (Wildman–Crippen LogP) is 2.80. The fraction of sp³-hybridized carbons (Fsp3) is 0.238. The summed E-state index contributed by atoms with van der Waals surface area (Å²) in [5.41, 5.74) is 1.87. The van der Waals surface area contributed by atoms with E-state index in [1.54, 1.807) is 7.11 Å². The summed E-state index contributed by atoms with van der Waals surface area (Å²) in [6.07, 6.45) is 1.42. The van der Waals surface area contributed by atoms with Crippen LogP contribution < -0.4 is 24.8 Å². The van der Waals surface area contributed by atoms with Gasteiger partial charge < -0.3 is 24.8 Å². The molecule has 0 radical (unpaired) electrons. The summed E-state index contributed by atoms with van der Waals surface area (Å²) in [4.78, 5) is 12.4. The van der Waals surface area contributed by atoms with Crippen LogP contribution in [0, 0.1) is 11.3 Å². The van der Waals surface area contributed by atoms with Gasteiger partial charge in [0.25, 0.3) is 5.91 Å². The average molecular weight is 379 g/mol. The first-order valence-electron chi connectivity index (χ1n) is 8.77. The first-order chi connectivity index (χ1) is 13.6. The van der Waals surface area contributed by atoms with E-state index in [-0.39, 0.29) is 18.4 Å². The molecule has 1 aliphatic heterocycles. The van der Waals surface area contributed by atoms with Crippen LogP contribution in [-0.4, -0.2) is 19.8 Å². The molecule has 0 aliphatic carbocycles. The minimum atomic E-state index is -0.441. The Morgan fingerprint density at radius 1 is 1.25 bits per heavy atom. The number of carbonyl (C=O) groups is 1. The highest BCUT2D eigenvalue weighted by molar-refractivity contribution is 5.97. The van der Waals surface area contributed by atoms with Gasteiger partial charge in [0.05, 0.1) is 13.2 Å². The van der Waals surface area contributed by atoms with E-state index < -0.39 is 5.91 Å². The summed E-state index contributed by atoms with van der Waals surface area (Å²) in [7, 11) is 1.60. The molecule has 0 aromatic heterocycles. The monoisotopic (exact) mass is 379 g/mol. The lowest BCUT2D eigenvalue weighted by atomic mass is 10.1. The van der Waals surface area contributed by atoms with Crippen molar-refractivity contribution in [1.82, 2.24) is 10.6 Å². The third-order valence-corrected chi connectivity index (χ3v) is 4.32. The van der Waals surface area contributed by atoms with Crippen LogP contribution in [0.2, 0.25) is 0 Å². The van der Waals surface area contributed by atoms with Gasteiger partial charge in [-0.2, -0.15) is 5.26 Å². The van der Waals surface area contributed by atoms with Crippen LogP contribution in [0.5, 0.6) is 17.2 Å². The molecular formula is C21H21N3O4. The topological polar surface area (TPSA) is 92.6 Å². The van der Waals surface area contributed by atoms with E-state index in [2.05, 4.69) is 10.6 Å². The second-order valence-corrected chi connectivity index (χ2v) is 6.21. The van der Waals surface area contributed by atoms with Crippen LogP contribution in [0.1, 0.15) is 24.1 Å². The van der Waals surface area contributed by atoms with Crippen LogP contribution in [0.3, 0.4) is 0 Å². The van der Waals surface area contributed by atoms with Gasteiger partial charge in [-0.05, 0) is 42.3 Å². The van der Waals surface area contributed by atoms with Crippen molar-refractivity contribution in [3.8, 4) is 23.3 Å². The van der Waals surface area contributed by atoms with Crippen molar-refractivity contribution in [3.05, 3.63) is 65.4 Å². The largest absolute Gasteiger partial charge is 0.497 e. The highest BCUT2D eigenvalue weighted by atomic mass is 16.7. The summed E-state index contributed by atoms with van der Waals surface area (Å²) in [6, 6.07) is 14.7. The Bertz CT molecular complexity index is 916. The number of rotatable bonds is 7. The van der Waals surface area contributed by atoms with Crippen molar-refractivity contribution < 1.29 is 19.0 Å². The smallest absolute Gasteiger partial charge is 0.263 e. The van der Waals surface area contributed by atoms with E-state index in [9.17, 15) is 10.1 Å². The molecule has 3 rings (SSSR count). The number of nitrogens with one attached hydrogen (secondary N) is 2. The third-order valence-electron chi connectivity index (χ3n) is 4.32. The van der Waals surface area contributed by atoms with Crippen molar-refractivity contribution in [2.75, 3.05) is 13.9 Å². The lowest BCUT2D eigenvalue weighted by molar-refractivity contribution is -0.117. The number of carbonyl (C=O) groups excluding carboxylic acids is 1. The van der Waals surface area contributed by atoms with Crippen LogP contribution in [-0.2, 0) is 11.3 Å². The van der Waals surface area contributed by atoms with Gasteiger partial charge in [0, 0.05) is 12.7 Å². The van der Waals surface area contributed by atoms with Crippen LogP contribution in [0.15, 0.2) is 54.2 Å². The summed E-state index contributed by atoms with van der Waals surface area (Å²) >= 11 is 0. The van der Waals surface area contributed by atoms with E-state index in [0.717, 1.165) is 16.9 Å². The quantitative estimate of drug-likeness (QED) is 0.568. The highest BCUT2D eigenvalue weighted by Crippen LogP contribution is 2.32. The van der Waals surface area contributed by atoms with E-state index >= 15 is 0 Å². The Kier molecular flexibility index (Phi) is 6.02. The van der Waals surface area contributed by atoms with E-state index in [1.807, 2.05) is 55.5 Å². The van der Waals surface area contributed by atoms with Crippen LogP contribution in [0.4, 0.5) is 0 Å². The van der Waals surface area contributed by atoms with E-state index in [1.165, 1.54) is 6.20 Å². The molecular weight excluding hydrogens is 358 g/mol. The van der Waals surface area contributed by atoms with Gasteiger partial charge in [0.2, 0.25) is 6.79 Å². The lowest BCUT2D eigenvalue weighted by Crippen LogP contribution is -2.28. The molecule has 1 amide bonds. The fourth-order valence-electron chi connectivity index (χ4n) is 2.72. The maximum Gasteiger partial charge on any atom is 0.263 e. The standard InChI is InChI=1S/C21H21N3O4/c1-14(16-4-6-18(26-2)7-5-16)24-21(25)17(10-22)12-23-11-15-3-8-19-20(9-15)28-13-27-19/h3-9,12,14,23H,11,13H2,1-2H3,(H,24,25)/b17-12-. The Morgan fingerprint density at radius 3 is 2.71 bits per heavy atom. The van der Waals surface area contributed by atoms with Gasteiger partial charge >= 0.3 is 0 Å². The molecule has 28 heavy (non-hydrogen) atoms. The first kappa shape index (κ1) is 19.1. The maximum absolute atomic E-state index is 12.4. The number of amides is 1. The van der Waals surface area contributed by atoms with Crippen molar-refractivity contribution in [3.63, 3.8) is 0 Å². The number of nitrogens with zero attached hydrogens (tertiary/aromatic N) is 1. The zero-order chi connectivity index (χ0) is 19.9. The van der Waals surface area contributed by atoms with Crippen molar-refractivity contribution >= 4 is 5.91 Å². The van der Waals surface area contributed by atoms with Crippen LogP contribution in [0.25, 0.3) is 0 Å². The number of fused-ring (bicyclic) bond motifs is 1. The molecule has 7 nitrogen and oxygen atoms in total. The van der Waals surface area contributed by atoms with Gasteiger partial charge in [-0.3, -0.25) is 4.79 Å². The van der Waals surface area contributed by atoms with Crippen molar-refractivity contribution in [2.24, 2.45) is 0 Å². The molecule has 2 N–H and O–H groups in total. The molecule has 0 spiro atoms. The van der Waals surface area contributed by atoms with Gasteiger partial charge in [0.1, 0.15) is 17.4 Å². The number of benzene rings is 2. The molecule has 1 heterocycles.